The number of hydrogen-bond acceptors (Lipinski definition) is 15. The number of rotatable bonds is 47. The fourth-order valence-corrected chi connectivity index (χ4v) is 8.93. The monoisotopic (exact) mass is 1100 g/mol. The average Bonchev–Trinajstić information content (AvgIpc) is 3.43. The number of hydrogen-bond donors (Lipinski definition) is 7. The van der Waals surface area contributed by atoms with E-state index < -0.39 is 99.3 Å². The summed E-state index contributed by atoms with van der Waals surface area (Å²) in [5.41, 5.74) is 0. The highest BCUT2D eigenvalue weighted by atomic mass is 16.7. The average molecular weight is 1100 g/mol. The molecule has 7 N–H and O–H groups in total. The van der Waals surface area contributed by atoms with Gasteiger partial charge in [0.1, 0.15) is 55.4 Å². The lowest BCUT2D eigenvalue weighted by Gasteiger charge is -2.42. The minimum atomic E-state index is -1.79. The van der Waals surface area contributed by atoms with E-state index in [0.29, 0.717) is 25.7 Å². The number of carbonyl (C=O) groups is 2. The molecule has 2 fully saturated rings. The van der Waals surface area contributed by atoms with E-state index in [1.54, 1.807) is 0 Å². The Morgan fingerprint density at radius 3 is 1.33 bits per heavy atom. The van der Waals surface area contributed by atoms with Crippen molar-refractivity contribution in [2.24, 2.45) is 0 Å². The van der Waals surface area contributed by atoms with Crippen LogP contribution < -0.4 is 0 Å². The number of unbranched alkanes of at least 4 members (excludes halogenated alkanes) is 19. The van der Waals surface area contributed by atoms with E-state index in [9.17, 15) is 45.3 Å². The third kappa shape index (κ3) is 34.7. The van der Waals surface area contributed by atoms with Crippen molar-refractivity contribution in [2.45, 2.75) is 274 Å². The Morgan fingerprint density at radius 1 is 0.410 bits per heavy atom. The molecule has 0 aromatic rings. The van der Waals surface area contributed by atoms with Gasteiger partial charge in [0.15, 0.2) is 18.7 Å². The molecule has 78 heavy (non-hydrogen) atoms. The number of aliphatic hydroxyl groups excluding tert-OH is 7. The van der Waals surface area contributed by atoms with Gasteiger partial charge in [0.2, 0.25) is 0 Å². The molecule has 15 heteroatoms. The van der Waals surface area contributed by atoms with Crippen molar-refractivity contribution in [3.63, 3.8) is 0 Å². The first-order chi connectivity index (χ1) is 38.0. The third-order valence-corrected chi connectivity index (χ3v) is 13.8. The van der Waals surface area contributed by atoms with Crippen molar-refractivity contribution in [1.29, 1.82) is 0 Å². The summed E-state index contributed by atoms with van der Waals surface area (Å²) in [4.78, 5) is 25.9. The van der Waals surface area contributed by atoms with Gasteiger partial charge in [-0.3, -0.25) is 9.59 Å². The lowest BCUT2D eigenvalue weighted by molar-refractivity contribution is -0.332. The van der Waals surface area contributed by atoms with Crippen LogP contribution in [0.25, 0.3) is 0 Å². The molecule has 448 valence electrons. The van der Waals surface area contributed by atoms with Crippen LogP contribution in [0.5, 0.6) is 0 Å². The number of aliphatic hydroxyl groups is 7. The van der Waals surface area contributed by atoms with Gasteiger partial charge in [-0.1, -0.05) is 195 Å². The van der Waals surface area contributed by atoms with Crippen molar-refractivity contribution in [3.05, 3.63) is 85.1 Å². The van der Waals surface area contributed by atoms with Crippen LogP contribution in [-0.4, -0.2) is 142 Å². The standard InChI is InChI=1S/C63H106O15/c1-3-5-7-9-11-13-15-17-19-21-23-24-25-26-28-29-31-33-35-37-39-41-43-45-54(65)73-48-51(76-55(66)46-44-42-40-38-36-34-32-30-27-22-20-18-16-14-12-10-8-6-4-2)49-74-62-61(72)59(70)57(68)53(78-62)50-75-63-60(71)58(69)56(67)52(47-64)77-63/h12,14,18,20,27,29-31,34,36-37,39-40,42,51-53,56-64,67-72H,3-11,13,15-17,19,21-26,28,32-33,35,38,41,43-50H2,1-2H3/b14-12+,20-18+,30-27+,31-29+,36-34+,39-37+,42-40+/t51-,52+,53+,56-,57-,58?,59?,60?,61?,62+,63+/m0/s1. The molecule has 0 bridgehead atoms. The minimum Gasteiger partial charge on any atom is -0.462 e. The lowest BCUT2D eigenvalue weighted by Crippen LogP contribution is -2.61. The van der Waals surface area contributed by atoms with Gasteiger partial charge in [-0.05, 0) is 83.5 Å². The van der Waals surface area contributed by atoms with Crippen molar-refractivity contribution in [3.8, 4) is 0 Å². The summed E-state index contributed by atoms with van der Waals surface area (Å²) in [6.45, 7) is 2.46. The molecule has 2 heterocycles. The second kappa shape index (κ2) is 48.4. The summed E-state index contributed by atoms with van der Waals surface area (Å²) in [6, 6.07) is 0. The molecular weight excluding hydrogens is 997 g/mol. The number of allylic oxidation sites excluding steroid dienone is 14. The Balaban J connectivity index is 1.79. The first-order valence-electron chi connectivity index (χ1n) is 30.2. The van der Waals surface area contributed by atoms with Crippen LogP contribution >= 0.6 is 0 Å². The molecule has 4 unspecified atom stereocenters. The Kier molecular flexibility index (Phi) is 43.9. The van der Waals surface area contributed by atoms with E-state index in [0.717, 1.165) is 44.9 Å². The van der Waals surface area contributed by atoms with Gasteiger partial charge in [0.25, 0.3) is 0 Å². The highest BCUT2D eigenvalue weighted by molar-refractivity contribution is 5.70. The molecule has 0 aliphatic carbocycles. The number of carbonyl (C=O) groups excluding carboxylic acids is 2. The first kappa shape index (κ1) is 70.8. The van der Waals surface area contributed by atoms with E-state index in [1.807, 2.05) is 12.2 Å². The third-order valence-electron chi connectivity index (χ3n) is 13.8. The maximum absolute atomic E-state index is 13.0. The second-order valence-electron chi connectivity index (χ2n) is 20.8. The van der Waals surface area contributed by atoms with Crippen LogP contribution in [0, 0.1) is 0 Å². The molecule has 15 nitrogen and oxygen atoms in total. The molecule has 2 aliphatic heterocycles. The molecule has 2 aliphatic rings. The first-order valence-corrected chi connectivity index (χ1v) is 30.2. The van der Waals surface area contributed by atoms with Crippen LogP contribution in [0.15, 0.2) is 85.1 Å². The zero-order valence-corrected chi connectivity index (χ0v) is 47.9. The van der Waals surface area contributed by atoms with Crippen LogP contribution in [0.1, 0.15) is 206 Å². The zero-order valence-electron chi connectivity index (χ0n) is 47.9. The van der Waals surface area contributed by atoms with E-state index in [-0.39, 0.29) is 19.4 Å². The zero-order chi connectivity index (χ0) is 56.7. The van der Waals surface area contributed by atoms with Crippen LogP contribution in [0.4, 0.5) is 0 Å². The molecule has 2 saturated heterocycles. The maximum Gasteiger partial charge on any atom is 0.306 e. The van der Waals surface area contributed by atoms with Gasteiger partial charge in [0, 0.05) is 12.8 Å². The van der Waals surface area contributed by atoms with Crippen molar-refractivity contribution in [1.82, 2.24) is 0 Å². The Hall–Kier alpha value is -3.32. The molecule has 2 rings (SSSR count). The second-order valence-corrected chi connectivity index (χ2v) is 20.8. The fourth-order valence-electron chi connectivity index (χ4n) is 8.93. The van der Waals surface area contributed by atoms with Gasteiger partial charge in [0.05, 0.1) is 19.8 Å². The van der Waals surface area contributed by atoms with Crippen LogP contribution in [0.3, 0.4) is 0 Å². The number of ether oxygens (including phenoxy) is 6. The van der Waals surface area contributed by atoms with Gasteiger partial charge in [-0.25, -0.2) is 0 Å². The highest BCUT2D eigenvalue weighted by Crippen LogP contribution is 2.26. The van der Waals surface area contributed by atoms with Crippen LogP contribution in [0.2, 0.25) is 0 Å². The highest BCUT2D eigenvalue weighted by Gasteiger charge is 2.47. The van der Waals surface area contributed by atoms with Crippen molar-refractivity contribution >= 4 is 11.9 Å². The Labute approximate surface area is 469 Å². The predicted molar refractivity (Wildman–Crippen MR) is 307 cm³/mol. The smallest absolute Gasteiger partial charge is 0.306 e. The van der Waals surface area contributed by atoms with Crippen molar-refractivity contribution in [2.75, 3.05) is 26.4 Å². The largest absolute Gasteiger partial charge is 0.462 e. The van der Waals surface area contributed by atoms with Gasteiger partial charge in [-0.15, -0.1) is 0 Å². The summed E-state index contributed by atoms with van der Waals surface area (Å²) in [7, 11) is 0. The van der Waals surface area contributed by atoms with Gasteiger partial charge >= 0.3 is 11.9 Å². The van der Waals surface area contributed by atoms with E-state index in [1.165, 1.54) is 109 Å². The normalized spacial score (nSPS) is 24.6. The van der Waals surface area contributed by atoms with Gasteiger partial charge in [-0.2, -0.15) is 0 Å². The van der Waals surface area contributed by atoms with Crippen LogP contribution in [-0.2, 0) is 38.0 Å². The molecule has 0 saturated carbocycles. The van der Waals surface area contributed by atoms with Gasteiger partial charge < -0.3 is 64.2 Å². The number of esters is 2. The predicted octanol–water partition coefficient (Wildman–Crippen LogP) is 10.7. The molecule has 0 amide bonds. The Bertz CT molecular complexity index is 1670. The topological polar surface area (TPSA) is 231 Å². The van der Waals surface area contributed by atoms with E-state index >= 15 is 0 Å². The molecule has 0 spiro atoms. The molecule has 0 radical (unpaired) electrons. The summed E-state index contributed by atoms with van der Waals surface area (Å²) in [6.07, 6.45) is 44.9. The fraction of sp³-hybridized carbons (Fsp3) is 0.746. The Morgan fingerprint density at radius 2 is 0.808 bits per heavy atom. The quantitative estimate of drug-likeness (QED) is 0.0171. The summed E-state index contributed by atoms with van der Waals surface area (Å²) >= 11 is 0. The summed E-state index contributed by atoms with van der Waals surface area (Å²) < 4.78 is 33.6. The van der Waals surface area contributed by atoms with E-state index in [4.69, 9.17) is 28.4 Å². The molecular formula is C63H106O15. The lowest BCUT2D eigenvalue weighted by atomic mass is 9.98. The van der Waals surface area contributed by atoms with Crippen molar-refractivity contribution < 1.29 is 73.8 Å². The molecule has 11 atom stereocenters. The van der Waals surface area contributed by atoms with E-state index in [2.05, 4.69) is 86.8 Å². The SMILES string of the molecule is CCCCC/C=C/C/C=C/C/C=C/C/C=C/C/C=C/CCC(=O)O[C@@H](COC(=O)CCC/C=C/CC/C=C/CCCCCCCCCCCCCCCC)CO[C@@H]1O[C@H](CO[C@@H]2O[C@H](CO)[C@H](O)C(O)C2O)[C@H](O)C(O)C1O. The molecule has 0 aromatic carbocycles. The summed E-state index contributed by atoms with van der Waals surface area (Å²) in [5, 5.41) is 72.3. The summed E-state index contributed by atoms with van der Waals surface area (Å²) in [5.74, 6) is -1.07. The minimum absolute atomic E-state index is 0.0298. The molecule has 0 aromatic heterocycles. The maximum atomic E-state index is 13.0.